The van der Waals surface area contributed by atoms with Crippen LogP contribution in [0.25, 0.3) is 22.4 Å². The maximum absolute atomic E-state index is 12.2. The summed E-state index contributed by atoms with van der Waals surface area (Å²) in [6.45, 7) is 0. The van der Waals surface area contributed by atoms with E-state index in [0.717, 1.165) is 33.9 Å². The van der Waals surface area contributed by atoms with E-state index in [1.165, 1.54) is 11.3 Å². The topological polar surface area (TPSA) is 67.0 Å². The molecule has 2 N–H and O–H groups in total. The van der Waals surface area contributed by atoms with Crippen LogP contribution < -0.4 is 10.1 Å². The second-order valence-electron chi connectivity index (χ2n) is 5.48. The Kier molecular flexibility index (Phi) is 3.95. The molecular weight excluding hydrogens is 334 g/mol. The number of hydrogen-bond acceptors (Lipinski definition) is 4. The number of carbonyl (C=O) groups excluding carboxylic acids is 1. The van der Waals surface area contributed by atoms with Crippen molar-refractivity contribution >= 4 is 34.0 Å². The van der Waals surface area contributed by atoms with Gasteiger partial charge < -0.3 is 15.0 Å². The molecule has 0 bridgehead atoms. The number of nitrogens with zero attached hydrogens (tertiary/aromatic N) is 1. The molecule has 0 saturated heterocycles. The summed E-state index contributed by atoms with van der Waals surface area (Å²) in [6.07, 6.45) is 0. The molecule has 0 aliphatic rings. The van der Waals surface area contributed by atoms with Gasteiger partial charge in [-0.2, -0.15) is 0 Å². The molecule has 0 aliphatic heterocycles. The Balaban J connectivity index is 1.64. The van der Waals surface area contributed by atoms with Crippen molar-refractivity contribution in [1.29, 1.82) is 0 Å². The van der Waals surface area contributed by atoms with Crippen molar-refractivity contribution in [3.05, 3.63) is 64.9 Å². The SMILES string of the molecule is COc1ccc2nc(-c3cccc(NC(=O)c4cccs4)c3)[nH]c2c1. The van der Waals surface area contributed by atoms with Gasteiger partial charge in [-0.1, -0.05) is 18.2 Å². The van der Waals surface area contributed by atoms with Gasteiger partial charge in [0.05, 0.1) is 23.0 Å². The standard InChI is InChI=1S/C19H15N3O2S/c1-24-14-7-8-15-16(11-14)22-18(21-15)12-4-2-5-13(10-12)20-19(23)17-6-3-9-25-17/h2-11H,1H3,(H,20,23)(H,21,22). The predicted octanol–water partition coefficient (Wildman–Crippen LogP) is 4.55. The van der Waals surface area contributed by atoms with Gasteiger partial charge in [-0.25, -0.2) is 4.98 Å². The molecule has 0 aliphatic carbocycles. The molecule has 2 aromatic heterocycles. The summed E-state index contributed by atoms with van der Waals surface area (Å²) in [6, 6.07) is 17.0. The van der Waals surface area contributed by atoms with Crippen molar-refractivity contribution in [2.75, 3.05) is 12.4 Å². The highest BCUT2D eigenvalue weighted by Crippen LogP contribution is 2.25. The molecule has 0 atom stereocenters. The van der Waals surface area contributed by atoms with Crippen molar-refractivity contribution in [3.8, 4) is 17.1 Å². The van der Waals surface area contributed by atoms with E-state index in [9.17, 15) is 4.79 Å². The number of amides is 1. The Morgan fingerprint density at radius 3 is 2.88 bits per heavy atom. The third kappa shape index (κ3) is 3.12. The number of methoxy groups -OCH3 is 1. The Labute approximate surface area is 148 Å². The number of thiophene rings is 1. The van der Waals surface area contributed by atoms with E-state index in [2.05, 4.69) is 15.3 Å². The van der Waals surface area contributed by atoms with Gasteiger partial charge in [-0.15, -0.1) is 11.3 Å². The number of aromatic nitrogens is 2. The van der Waals surface area contributed by atoms with Crippen molar-refractivity contribution in [2.24, 2.45) is 0 Å². The van der Waals surface area contributed by atoms with Crippen LogP contribution in [0, 0.1) is 0 Å². The van der Waals surface area contributed by atoms with Crippen LogP contribution in [-0.4, -0.2) is 23.0 Å². The highest BCUT2D eigenvalue weighted by atomic mass is 32.1. The minimum Gasteiger partial charge on any atom is -0.497 e. The number of anilines is 1. The van der Waals surface area contributed by atoms with Crippen LogP contribution >= 0.6 is 11.3 Å². The lowest BCUT2D eigenvalue weighted by atomic mass is 10.2. The number of imidazole rings is 1. The van der Waals surface area contributed by atoms with Crippen LogP contribution in [0.4, 0.5) is 5.69 Å². The summed E-state index contributed by atoms with van der Waals surface area (Å²) in [5.41, 5.74) is 3.40. The van der Waals surface area contributed by atoms with Crippen LogP contribution in [0.3, 0.4) is 0 Å². The first kappa shape index (κ1) is 15.4. The predicted molar refractivity (Wildman–Crippen MR) is 100 cm³/mol. The Hall–Kier alpha value is -3.12. The van der Waals surface area contributed by atoms with E-state index < -0.39 is 0 Å². The zero-order valence-electron chi connectivity index (χ0n) is 13.4. The van der Waals surface area contributed by atoms with E-state index >= 15 is 0 Å². The van der Waals surface area contributed by atoms with Crippen LogP contribution in [0.5, 0.6) is 5.75 Å². The average molecular weight is 349 g/mol. The van der Waals surface area contributed by atoms with Crippen LogP contribution in [-0.2, 0) is 0 Å². The number of aromatic amines is 1. The minimum absolute atomic E-state index is 0.110. The number of nitrogens with one attached hydrogen (secondary N) is 2. The molecular formula is C19H15N3O2S. The third-order valence-electron chi connectivity index (χ3n) is 3.83. The molecule has 0 unspecified atom stereocenters. The molecule has 0 saturated carbocycles. The van der Waals surface area contributed by atoms with Gasteiger partial charge in [0.15, 0.2) is 0 Å². The van der Waals surface area contributed by atoms with Crippen molar-refractivity contribution in [2.45, 2.75) is 0 Å². The summed E-state index contributed by atoms with van der Waals surface area (Å²) < 4.78 is 5.24. The lowest BCUT2D eigenvalue weighted by molar-refractivity contribution is 0.103. The molecule has 6 heteroatoms. The zero-order chi connectivity index (χ0) is 17.2. The normalized spacial score (nSPS) is 10.8. The molecule has 4 aromatic rings. The van der Waals surface area contributed by atoms with Gasteiger partial charge in [0.1, 0.15) is 11.6 Å². The fourth-order valence-electron chi connectivity index (χ4n) is 2.60. The smallest absolute Gasteiger partial charge is 0.265 e. The molecule has 124 valence electrons. The third-order valence-corrected chi connectivity index (χ3v) is 4.70. The number of ether oxygens (including phenoxy) is 1. The highest BCUT2D eigenvalue weighted by Gasteiger charge is 2.10. The monoisotopic (exact) mass is 349 g/mol. The van der Waals surface area contributed by atoms with Gasteiger partial charge >= 0.3 is 0 Å². The van der Waals surface area contributed by atoms with E-state index in [4.69, 9.17) is 4.74 Å². The maximum Gasteiger partial charge on any atom is 0.265 e. The second kappa shape index (κ2) is 6.41. The average Bonchev–Trinajstić information content (AvgIpc) is 3.31. The van der Waals surface area contributed by atoms with E-state index in [1.807, 2.05) is 53.9 Å². The number of carbonyl (C=O) groups is 1. The van der Waals surface area contributed by atoms with Crippen LogP contribution in [0.1, 0.15) is 9.67 Å². The lowest BCUT2D eigenvalue weighted by Crippen LogP contribution is -2.09. The number of rotatable bonds is 4. The molecule has 2 aromatic carbocycles. The Morgan fingerprint density at radius 2 is 2.08 bits per heavy atom. The Bertz CT molecular complexity index is 1040. The van der Waals surface area contributed by atoms with Gasteiger partial charge in [0.25, 0.3) is 5.91 Å². The maximum atomic E-state index is 12.2. The van der Waals surface area contributed by atoms with Crippen molar-refractivity contribution < 1.29 is 9.53 Å². The number of fused-ring (bicyclic) bond motifs is 1. The van der Waals surface area contributed by atoms with Crippen LogP contribution in [0.2, 0.25) is 0 Å². The molecule has 25 heavy (non-hydrogen) atoms. The fraction of sp³-hybridized carbons (Fsp3) is 0.0526. The number of H-pyrrole nitrogens is 1. The molecule has 0 radical (unpaired) electrons. The summed E-state index contributed by atoms with van der Waals surface area (Å²) in [5.74, 6) is 1.41. The first-order valence-electron chi connectivity index (χ1n) is 7.72. The van der Waals surface area contributed by atoms with Gasteiger partial charge in [-0.05, 0) is 35.7 Å². The van der Waals surface area contributed by atoms with Crippen molar-refractivity contribution in [1.82, 2.24) is 9.97 Å². The number of hydrogen-bond donors (Lipinski definition) is 2. The largest absolute Gasteiger partial charge is 0.497 e. The lowest BCUT2D eigenvalue weighted by Gasteiger charge is -2.05. The second-order valence-corrected chi connectivity index (χ2v) is 6.43. The van der Waals surface area contributed by atoms with Gasteiger partial charge in [0.2, 0.25) is 0 Å². The number of benzene rings is 2. The molecule has 1 amide bonds. The van der Waals surface area contributed by atoms with Crippen molar-refractivity contribution in [3.63, 3.8) is 0 Å². The zero-order valence-corrected chi connectivity index (χ0v) is 14.3. The van der Waals surface area contributed by atoms with E-state index in [0.29, 0.717) is 4.88 Å². The molecule has 0 fully saturated rings. The molecule has 2 heterocycles. The van der Waals surface area contributed by atoms with Gasteiger partial charge in [-0.3, -0.25) is 4.79 Å². The first-order valence-corrected chi connectivity index (χ1v) is 8.60. The van der Waals surface area contributed by atoms with Crippen LogP contribution in [0.15, 0.2) is 60.0 Å². The molecule has 4 rings (SSSR count). The Morgan fingerprint density at radius 1 is 1.16 bits per heavy atom. The molecule has 5 nitrogen and oxygen atoms in total. The van der Waals surface area contributed by atoms with E-state index in [1.54, 1.807) is 13.2 Å². The first-order chi connectivity index (χ1) is 12.2. The summed E-state index contributed by atoms with van der Waals surface area (Å²) in [4.78, 5) is 20.8. The quantitative estimate of drug-likeness (QED) is 0.568. The summed E-state index contributed by atoms with van der Waals surface area (Å²) in [5, 5.41) is 4.80. The highest BCUT2D eigenvalue weighted by molar-refractivity contribution is 7.12. The van der Waals surface area contributed by atoms with E-state index in [-0.39, 0.29) is 5.91 Å². The molecule has 0 spiro atoms. The minimum atomic E-state index is -0.110. The fourth-order valence-corrected chi connectivity index (χ4v) is 3.22. The summed E-state index contributed by atoms with van der Waals surface area (Å²) in [7, 11) is 1.64. The van der Waals surface area contributed by atoms with Gasteiger partial charge in [0, 0.05) is 17.3 Å². The summed E-state index contributed by atoms with van der Waals surface area (Å²) >= 11 is 1.41.